The molecule has 0 saturated carbocycles. The molecule has 0 radical (unpaired) electrons. The van der Waals surface area contributed by atoms with Crippen molar-refractivity contribution in [3.05, 3.63) is 23.8 Å². The van der Waals surface area contributed by atoms with Crippen LogP contribution < -0.4 is 10.6 Å². The van der Waals surface area contributed by atoms with Crippen molar-refractivity contribution in [2.24, 2.45) is 0 Å². The number of carbonyl (C=O) groups is 2. The van der Waals surface area contributed by atoms with E-state index in [0.717, 1.165) is 12.8 Å². The second kappa shape index (κ2) is 11.5. The molecule has 0 heterocycles. The number of hydrogen-bond acceptors (Lipinski definition) is 5. The highest BCUT2D eigenvalue weighted by Gasteiger charge is 2.19. The Balaban J connectivity index is 2.48. The number of methoxy groups -OCH3 is 1. The van der Waals surface area contributed by atoms with Crippen molar-refractivity contribution < 1.29 is 19.1 Å². The van der Waals surface area contributed by atoms with Gasteiger partial charge in [-0.2, -0.15) is 0 Å². The third-order valence-corrected chi connectivity index (χ3v) is 4.03. The molecule has 0 unspecified atom stereocenters. The molecule has 0 aliphatic carbocycles. The lowest BCUT2D eigenvalue weighted by atomic mass is 10.1. The van der Waals surface area contributed by atoms with Crippen LogP contribution in [0.15, 0.2) is 18.2 Å². The molecule has 2 N–H and O–H groups in total. The fraction of sp³-hybridized carbons (Fsp3) is 0.579. The van der Waals surface area contributed by atoms with E-state index in [9.17, 15) is 9.59 Å². The van der Waals surface area contributed by atoms with Crippen molar-refractivity contribution in [1.29, 1.82) is 0 Å². The van der Waals surface area contributed by atoms with Crippen molar-refractivity contribution in [3.63, 3.8) is 0 Å². The maximum Gasteiger partial charge on any atom is 0.339 e. The fourth-order valence-electron chi connectivity index (χ4n) is 2.48. The summed E-state index contributed by atoms with van der Waals surface area (Å²) in [5.41, 5.74) is 6.95. The molecule has 1 aromatic carbocycles. The molecular weight excluding hydrogens is 320 g/mol. The Morgan fingerprint density at radius 2 is 1.80 bits per heavy atom. The summed E-state index contributed by atoms with van der Waals surface area (Å²) >= 11 is 0. The van der Waals surface area contributed by atoms with Gasteiger partial charge in [-0.1, -0.05) is 39.0 Å². The van der Waals surface area contributed by atoms with Crippen LogP contribution in [-0.2, 0) is 14.3 Å². The lowest BCUT2D eigenvalue weighted by Gasteiger charge is -2.20. The van der Waals surface area contributed by atoms with Gasteiger partial charge in [0.1, 0.15) is 6.61 Å². The summed E-state index contributed by atoms with van der Waals surface area (Å²) in [5, 5.41) is 0. The van der Waals surface area contributed by atoms with Gasteiger partial charge in [0.05, 0.1) is 18.4 Å². The summed E-state index contributed by atoms with van der Waals surface area (Å²) < 4.78 is 10.2. The van der Waals surface area contributed by atoms with Crippen LogP contribution in [0.5, 0.6) is 0 Å². The van der Waals surface area contributed by atoms with Crippen molar-refractivity contribution in [2.75, 3.05) is 38.0 Å². The Hall–Kier alpha value is -2.08. The number of carbonyl (C=O) groups excluding carboxylic acids is 2. The number of nitrogen functional groups attached to an aromatic ring is 1. The van der Waals surface area contributed by atoms with Gasteiger partial charge in [0.25, 0.3) is 5.91 Å². The average molecular weight is 350 g/mol. The third kappa shape index (κ3) is 7.13. The number of ether oxygens (including phenoxy) is 2. The molecule has 1 aromatic rings. The van der Waals surface area contributed by atoms with Gasteiger partial charge in [-0.25, -0.2) is 4.79 Å². The molecule has 6 nitrogen and oxygen atoms in total. The highest BCUT2D eigenvalue weighted by molar-refractivity contribution is 6.03. The quantitative estimate of drug-likeness (QED) is 0.376. The Bertz CT molecular complexity index is 560. The van der Waals surface area contributed by atoms with Crippen molar-refractivity contribution in [3.8, 4) is 0 Å². The third-order valence-electron chi connectivity index (χ3n) is 4.03. The van der Waals surface area contributed by atoms with Crippen molar-refractivity contribution in [1.82, 2.24) is 0 Å². The monoisotopic (exact) mass is 350 g/mol. The average Bonchev–Trinajstić information content (AvgIpc) is 2.62. The Labute approximate surface area is 150 Å². The van der Waals surface area contributed by atoms with E-state index in [1.807, 2.05) is 0 Å². The normalized spacial score (nSPS) is 10.5. The molecule has 0 aromatic heterocycles. The van der Waals surface area contributed by atoms with E-state index in [4.69, 9.17) is 15.2 Å². The van der Waals surface area contributed by atoms with Gasteiger partial charge in [-0.05, 0) is 24.6 Å². The summed E-state index contributed by atoms with van der Waals surface area (Å²) in [6.07, 6.45) is 7.03. The lowest BCUT2D eigenvalue weighted by molar-refractivity contribution is -0.122. The van der Waals surface area contributed by atoms with E-state index in [-0.39, 0.29) is 12.5 Å². The number of rotatable bonds is 11. The standard InChI is InChI=1S/C19H30N2O4/c1-4-5-6-7-8-9-12-25-14-18(22)21(2)17-13-15(20)10-11-16(17)19(23)24-3/h10-11,13H,4-9,12,14,20H2,1-3H3. The zero-order valence-electron chi connectivity index (χ0n) is 15.5. The zero-order chi connectivity index (χ0) is 18.7. The van der Waals surface area contributed by atoms with Crippen LogP contribution in [0, 0.1) is 0 Å². The van der Waals surface area contributed by atoms with Crippen LogP contribution in [0.3, 0.4) is 0 Å². The molecule has 0 fully saturated rings. The lowest BCUT2D eigenvalue weighted by Crippen LogP contribution is -2.31. The number of unbranched alkanes of at least 4 members (excludes halogenated alkanes) is 5. The molecule has 0 bridgehead atoms. The molecule has 0 spiro atoms. The van der Waals surface area contributed by atoms with E-state index in [1.165, 1.54) is 37.7 Å². The predicted molar refractivity (Wildman–Crippen MR) is 99.8 cm³/mol. The summed E-state index contributed by atoms with van der Waals surface area (Å²) in [4.78, 5) is 25.5. The maximum atomic E-state index is 12.3. The fourth-order valence-corrected chi connectivity index (χ4v) is 2.48. The van der Waals surface area contributed by atoms with Crippen LogP contribution in [0.2, 0.25) is 0 Å². The van der Waals surface area contributed by atoms with Gasteiger partial charge in [0, 0.05) is 19.3 Å². The number of amides is 1. The topological polar surface area (TPSA) is 81.9 Å². The SMILES string of the molecule is CCCCCCCCOCC(=O)N(C)c1cc(N)ccc1C(=O)OC. The summed E-state index contributed by atoms with van der Waals surface area (Å²) in [5.74, 6) is -0.746. The molecule has 0 aliphatic rings. The highest BCUT2D eigenvalue weighted by atomic mass is 16.5. The Morgan fingerprint density at radius 3 is 2.48 bits per heavy atom. The molecule has 25 heavy (non-hydrogen) atoms. The van der Waals surface area contributed by atoms with Crippen LogP contribution in [-0.4, -0.2) is 39.2 Å². The molecule has 1 amide bonds. The molecule has 0 aliphatic heterocycles. The smallest absolute Gasteiger partial charge is 0.339 e. The first kappa shape index (κ1) is 21.0. The van der Waals surface area contributed by atoms with Crippen LogP contribution in [0.25, 0.3) is 0 Å². The zero-order valence-corrected chi connectivity index (χ0v) is 15.5. The minimum Gasteiger partial charge on any atom is -0.465 e. The first-order chi connectivity index (χ1) is 12.0. The van der Waals surface area contributed by atoms with E-state index in [2.05, 4.69) is 6.92 Å². The minimum absolute atomic E-state index is 0.0269. The Kier molecular flexibility index (Phi) is 9.62. The number of anilines is 2. The summed E-state index contributed by atoms with van der Waals surface area (Å²) in [6, 6.07) is 4.73. The number of likely N-dealkylation sites (N-methyl/N-ethyl adjacent to an activating group) is 1. The molecule has 6 heteroatoms. The highest BCUT2D eigenvalue weighted by Crippen LogP contribution is 2.23. The molecule has 1 rings (SSSR count). The van der Waals surface area contributed by atoms with E-state index >= 15 is 0 Å². The van der Waals surface area contributed by atoms with Gasteiger partial charge in [-0.15, -0.1) is 0 Å². The van der Waals surface area contributed by atoms with Crippen LogP contribution in [0.1, 0.15) is 55.8 Å². The molecule has 0 atom stereocenters. The van der Waals surface area contributed by atoms with Gasteiger partial charge < -0.3 is 20.1 Å². The largest absolute Gasteiger partial charge is 0.465 e. The van der Waals surface area contributed by atoms with Crippen LogP contribution >= 0.6 is 0 Å². The van der Waals surface area contributed by atoms with E-state index < -0.39 is 5.97 Å². The minimum atomic E-state index is -0.511. The van der Waals surface area contributed by atoms with Crippen molar-refractivity contribution >= 4 is 23.3 Å². The summed E-state index contributed by atoms with van der Waals surface area (Å²) in [6.45, 7) is 2.73. The molecular formula is C19H30N2O4. The van der Waals surface area contributed by atoms with E-state index in [1.54, 1.807) is 25.2 Å². The first-order valence-corrected chi connectivity index (χ1v) is 8.83. The predicted octanol–water partition coefficient (Wildman–Crippen LogP) is 3.40. The van der Waals surface area contributed by atoms with E-state index in [0.29, 0.717) is 23.5 Å². The maximum absolute atomic E-state index is 12.3. The van der Waals surface area contributed by atoms with Gasteiger partial charge in [-0.3, -0.25) is 4.79 Å². The number of nitrogens with zero attached hydrogens (tertiary/aromatic N) is 1. The number of hydrogen-bond donors (Lipinski definition) is 1. The first-order valence-electron chi connectivity index (χ1n) is 8.83. The van der Waals surface area contributed by atoms with Gasteiger partial charge in [0.15, 0.2) is 0 Å². The summed E-state index contributed by atoms with van der Waals surface area (Å²) in [7, 11) is 2.89. The number of benzene rings is 1. The number of esters is 1. The van der Waals surface area contributed by atoms with Gasteiger partial charge >= 0.3 is 5.97 Å². The van der Waals surface area contributed by atoms with Crippen molar-refractivity contribution in [2.45, 2.75) is 45.4 Å². The van der Waals surface area contributed by atoms with Gasteiger partial charge in [0.2, 0.25) is 0 Å². The second-order valence-electron chi connectivity index (χ2n) is 6.04. The number of nitrogens with two attached hydrogens (primary N) is 1. The molecule has 140 valence electrons. The van der Waals surface area contributed by atoms with Crippen LogP contribution in [0.4, 0.5) is 11.4 Å². The molecule has 0 saturated heterocycles. The Morgan fingerprint density at radius 1 is 1.12 bits per heavy atom. The second-order valence-corrected chi connectivity index (χ2v) is 6.04.